The molecule has 1 saturated carbocycles. The van der Waals surface area contributed by atoms with Crippen LogP contribution >= 0.6 is 0 Å². The van der Waals surface area contributed by atoms with Crippen LogP contribution in [0, 0.1) is 13.8 Å². The minimum absolute atomic E-state index is 0.119. The smallest absolute Gasteiger partial charge is 0.289 e. The molecule has 1 atom stereocenters. The van der Waals surface area contributed by atoms with E-state index in [1.807, 2.05) is 23.7 Å². The van der Waals surface area contributed by atoms with Gasteiger partial charge in [0.15, 0.2) is 11.6 Å². The molecule has 4 heterocycles. The number of benzene rings is 1. The number of aromatic nitrogens is 5. The first-order valence-electron chi connectivity index (χ1n) is 13.0. The van der Waals surface area contributed by atoms with Gasteiger partial charge in [-0.15, -0.1) is 5.10 Å². The number of furan rings is 1. The number of aryl methyl sites for hydroxylation is 2. The van der Waals surface area contributed by atoms with Gasteiger partial charge < -0.3 is 14.3 Å². The lowest BCUT2D eigenvalue weighted by Crippen LogP contribution is -2.50. The summed E-state index contributed by atoms with van der Waals surface area (Å²) in [5.74, 6) is 0.908. The molecule has 0 spiro atoms. The predicted molar refractivity (Wildman–Crippen MR) is 137 cm³/mol. The number of hydrogen-bond donors (Lipinski definition) is 1. The van der Waals surface area contributed by atoms with Gasteiger partial charge in [-0.2, -0.15) is 0 Å². The van der Waals surface area contributed by atoms with Gasteiger partial charge in [-0.1, -0.05) is 18.9 Å². The standard InChI is InChI=1S/C27H31N7O3/c1-17-14-18(2)20-16-21(26(35)28-22(20)15-17)24(25-29-30-31-34(25)19-6-3-4-7-19)32-9-11-33(12-10-32)27(36)23-8-5-13-37-23/h5,8,13-16,19,24H,3-4,6-7,9-12H2,1-2H3,(H,28,35)/t24-/m0/s1. The molecule has 1 aliphatic carbocycles. The van der Waals surface area contributed by atoms with E-state index in [1.165, 1.54) is 6.26 Å². The van der Waals surface area contributed by atoms with Crippen LogP contribution in [0.15, 0.2) is 45.8 Å². The third kappa shape index (κ3) is 4.35. The fourth-order valence-electron chi connectivity index (χ4n) is 5.92. The topological polar surface area (TPSA) is 113 Å². The van der Waals surface area contributed by atoms with E-state index in [9.17, 15) is 9.59 Å². The van der Waals surface area contributed by atoms with Gasteiger partial charge >= 0.3 is 0 Å². The summed E-state index contributed by atoms with van der Waals surface area (Å²) in [5, 5.41) is 13.9. The molecule has 1 amide bonds. The summed E-state index contributed by atoms with van der Waals surface area (Å²) in [6, 6.07) is 9.35. The molecule has 192 valence electrons. The van der Waals surface area contributed by atoms with Crippen LogP contribution in [0.3, 0.4) is 0 Å². The van der Waals surface area contributed by atoms with Crippen LogP contribution in [-0.4, -0.2) is 67.1 Å². The molecule has 1 N–H and O–H groups in total. The highest BCUT2D eigenvalue weighted by atomic mass is 16.3. The van der Waals surface area contributed by atoms with Crippen LogP contribution in [-0.2, 0) is 0 Å². The Hall–Kier alpha value is -3.79. The van der Waals surface area contributed by atoms with Crippen molar-refractivity contribution in [3.05, 3.63) is 75.2 Å². The maximum Gasteiger partial charge on any atom is 0.289 e. The van der Waals surface area contributed by atoms with Crippen LogP contribution in [0.5, 0.6) is 0 Å². The zero-order chi connectivity index (χ0) is 25.5. The number of carbonyl (C=O) groups excluding carboxylic acids is 1. The van der Waals surface area contributed by atoms with Gasteiger partial charge in [-0.25, -0.2) is 4.68 Å². The number of fused-ring (bicyclic) bond motifs is 1. The first-order valence-corrected chi connectivity index (χ1v) is 13.0. The highest BCUT2D eigenvalue weighted by Gasteiger charge is 2.35. The fourth-order valence-corrected chi connectivity index (χ4v) is 5.92. The monoisotopic (exact) mass is 501 g/mol. The summed E-state index contributed by atoms with van der Waals surface area (Å²) in [6.45, 7) is 6.29. The summed E-state index contributed by atoms with van der Waals surface area (Å²) >= 11 is 0. The Morgan fingerprint density at radius 2 is 1.89 bits per heavy atom. The van der Waals surface area contributed by atoms with Gasteiger partial charge in [0.2, 0.25) is 0 Å². The van der Waals surface area contributed by atoms with Crippen LogP contribution in [0.25, 0.3) is 10.9 Å². The summed E-state index contributed by atoms with van der Waals surface area (Å²) < 4.78 is 7.25. The molecule has 1 aliphatic heterocycles. The lowest BCUT2D eigenvalue weighted by molar-refractivity contribution is 0.0557. The number of H-pyrrole nitrogens is 1. The second-order valence-electron chi connectivity index (χ2n) is 10.2. The van der Waals surface area contributed by atoms with Crippen molar-refractivity contribution in [3.8, 4) is 0 Å². The first-order chi connectivity index (χ1) is 18.0. The molecule has 2 aliphatic rings. The summed E-state index contributed by atoms with van der Waals surface area (Å²) in [6.07, 6.45) is 5.87. The van der Waals surface area contributed by atoms with Gasteiger partial charge in [-0.3, -0.25) is 14.5 Å². The Labute approximate surface area is 214 Å². The Balaban J connectivity index is 1.39. The molecule has 37 heavy (non-hydrogen) atoms. The second-order valence-corrected chi connectivity index (χ2v) is 10.2. The van der Waals surface area contributed by atoms with Gasteiger partial charge in [0.05, 0.1) is 12.3 Å². The van der Waals surface area contributed by atoms with Crippen LogP contribution < -0.4 is 5.56 Å². The molecule has 0 bridgehead atoms. The maximum absolute atomic E-state index is 13.6. The van der Waals surface area contributed by atoms with Crippen molar-refractivity contribution in [2.45, 2.75) is 51.6 Å². The summed E-state index contributed by atoms with van der Waals surface area (Å²) in [7, 11) is 0. The van der Waals surface area contributed by atoms with Crippen LogP contribution in [0.2, 0.25) is 0 Å². The van der Waals surface area contributed by atoms with E-state index in [0.29, 0.717) is 43.3 Å². The van der Waals surface area contributed by atoms with Crippen LogP contribution in [0.1, 0.15) is 70.8 Å². The molecule has 6 rings (SSSR count). The number of hydrogen-bond acceptors (Lipinski definition) is 7. The van der Waals surface area contributed by atoms with Crippen molar-refractivity contribution in [1.29, 1.82) is 0 Å². The van der Waals surface area contributed by atoms with Crippen molar-refractivity contribution in [1.82, 2.24) is 35.0 Å². The molecule has 0 unspecified atom stereocenters. The Kier molecular flexibility index (Phi) is 6.11. The molecule has 1 aromatic carbocycles. The molecule has 2 fully saturated rings. The summed E-state index contributed by atoms with van der Waals surface area (Å²) in [5.41, 5.74) is 3.52. The number of carbonyl (C=O) groups is 1. The molecule has 0 radical (unpaired) electrons. The quantitative estimate of drug-likeness (QED) is 0.446. The first kappa shape index (κ1) is 23.6. The van der Waals surface area contributed by atoms with Gasteiger partial charge in [0.25, 0.3) is 11.5 Å². The molecular formula is C27H31N7O3. The predicted octanol–water partition coefficient (Wildman–Crippen LogP) is 3.39. The van der Waals surface area contributed by atoms with Crippen molar-refractivity contribution < 1.29 is 9.21 Å². The van der Waals surface area contributed by atoms with Crippen molar-refractivity contribution in [3.63, 3.8) is 0 Å². The summed E-state index contributed by atoms with van der Waals surface area (Å²) in [4.78, 5) is 33.6. The third-order valence-electron chi connectivity index (χ3n) is 7.77. The van der Waals surface area contributed by atoms with Gasteiger partial charge in [0, 0.05) is 42.6 Å². The van der Waals surface area contributed by atoms with Crippen molar-refractivity contribution >= 4 is 16.8 Å². The Morgan fingerprint density at radius 1 is 1.11 bits per heavy atom. The lowest BCUT2D eigenvalue weighted by Gasteiger charge is -2.38. The average molecular weight is 502 g/mol. The number of nitrogens with one attached hydrogen (secondary N) is 1. The van der Waals surface area contributed by atoms with Gasteiger partial charge in [0.1, 0.15) is 6.04 Å². The van der Waals surface area contributed by atoms with E-state index in [1.54, 1.807) is 17.0 Å². The maximum atomic E-state index is 13.6. The molecule has 3 aromatic heterocycles. The fraction of sp³-hybridized carbons (Fsp3) is 0.444. The SMILES string of the molecule is Cc1cc(C)c2cc([C@@H](c3nnnn3C3CCCC3)N3CCN(C(=O)c4ccco4)CC3)c(=O)[nH]c2c1. The Bertz CT molecular complexity index is 1480. The zero-order valence-corrected chi connectivity index (χ0v) is 21.2. The van der Waals surface area contributed by atoms with E-state index >= 15 is 0 Å². The average Bonchev–Trinajstić information content (AvgIpc) is 3.67. The van der Waals surface area contributed by atoms with Crippen molar-refractivity contribution in [2.75, 3.05) is 26.2 Å². The van der Waals surface area contributed by atoms with E-state index in [0.717, 1.165) is 47.7 Å². The van der Waals surface area contributed by atoms with Crippen LogP contribution in [0.4, 0.5) is 0 Å². The number of nitrogens with zero attached hydrogens (tertiary/aromatic N) is 6. The molecular weight excluding hydrogens is 470 g/mol. The number of piperazine rings is 1. The molecule has 1 saturated heterocycles. The molecule has 10 nitrogen and oxygen atoms in total. The number of pyridine rings is 1. The van der Waals surface area contributed by atoms with E-state index in [4.69, 9.17) is 4.42 Å². The Morgan fingerprint density at radius 3 is 2.62 bits per heavy atom. The third-order valence-corrected chi connectivity index (χ3v) is 7.77. The van der Waals surface area contributed by atoms with Gasteiger partial charge in [-0.05, 0) is 72.5 Å². The van der Waals surface area contributed by atoms with E-state index < -0.39 is 6.04 Å². The highest BCUT2D eigenvalue weighted by Crippen LogP contribution is 2.34. The number of aromatic amines is 1. The van der Waals surface area contributed by atoms with E-state index in [2.05, 4.69) is 38.4 Å². The number of rotatable bonds is 5. The lowest BCUT2D eigenvalue weighted by atomic mass is 9.99. The molecule has 4 aromatic rings. The minimum atomic E-state index is -0.426. The number of amides is 1. The second kappa shape index (κ2) is 9.59. The highest BCUT2D eigenvalue weighted by molar-refractivity contribution is 5.91. The number of tetrazole rings is 1. The largest absolute Gasteiger partial charge is 0.459 e. The van der Waals surface area contributed by atoms with E-state index in [-0.39, 0.29) is 17.5 Å². The minimum Gasteiger partial charge on any atom is -0.459 e. The normalized spacial score (nSPS) is 18.1. The van der Waals surface area contributed by atoms with Crippen molar-refractivity contribution in [2.24, 2.45) is 0 Å². The molecule has 10 heteroatoms. The zero-order valence-electron chi connectivity index (χ0n) is 21.2.